The number of nitrogens with zero attached hydrogens (tertiary/aromatic N) is 3. The molecule has 0 radical (unpaired) electrons. The zero-order valence-corrected chi connectivity index (χ0v) is 15.7. The zero-order chi connectivity index (χ0) is 19.4. The third-order valence-corrected chi connectivity index (χ3v) is 4.44. The number of H-pyrrole nitrogens is 1. The number of furan rings is 1. The number of carbonyl (C=O) groups excluding carboxylic acids is 1. The first-order valence-corrected chi connectivity index (χ1v) is 9.11. The molecule has 2 N–H and O–H groups in total. The largest absolute Gasteiger partial charge is 0.463 e. The van der Waals surface area contributed by atoms with Gasteiger partial charge in [-0.15, -0.1) is 0 Å². The van der Waals surface area contributed by atoms with Crippen LogP contribution in [0.5, 0.6) is 0 Å². The van der Waals surface area contributed by atoms with Crippen molar-refractivity contribution in [1.29, 1.82) is 0 Å². The number of nitrogens with one attached hydrogen (secondary N) is 2. The minimum Gasteiger partial charge on any atom is -0.463 e. The van der Waals surface area contributed by atoms with Gasteiger partial charge in [0.2, 0.25) is 11.9 Å². The van der Waals surface area contributed by atoms with Crippen molar-refractivity contribution < 1.29 is 9.21 Å². The second-order valence-electron chi connectivity index (χ2n) is 6.22. The van der Waals surface area contributed by atoms with E-state index in [2.05, 4.69) is 20.4 Å². The molecule has 0 saturated carbocycles. The molecule has 0 aromatic carbocycles. The number of rotatable bonds is 7. The average Bonchev–Trinajstić information content (AvgIpc) is 3.32. The second kappa shape index (κ2) is 8.03. The molecule has 3 rings (SSSR count). The summed E-state index contributed by atoms with van der Waals surface area (Å²) < 4.78 is 6.84. The predicted octanol–water partition coefficient (Wildman–Crippen LogP) is 3.15. The first kappa shape index (κ1) is 18.6. The van der Waals surface area contributed by atoms with Gasteiger partial charge in [0.25, 0.3) is 5.56 Å². The number of hydrogen-bond acceptors (Lipinski definition) is 5. The van der Waals surface area contributed by atoms with Crippen LogP contribution in [0, 0.1) is 5.92 Å². The van der Waals surface area contributed by atoms with Crippen LogP contribution in [0.3, 0.4) is 0 Å². The molecule has 0 aliphatic heterocycles. The molecule has 0 aliphatic rings. The van der Waals surface area contributed by atoms with Crippen molar-refractivity contribution in [3.05, 3.63) is 46.6 Å². The van der Waals surface area contributed by atoms with Crippen LogP contribution in [0.1, 0.15) is 39.3 Å². The Morgan fingerprint density at radius 2 is 2.07 bits per heavy atom. The Bertz CT molecular complexity index is 968. The van der Waals surface area contributed by atoms with E-state index in [1.807, 2.05) is 20.8 Å². The predicted molar refractivity (Wildman–Crippen MR) is 102 cm³/mol. The van der Waals surface area contributed by atoms with Crippen LogP contribution in [0.15, 0.2) is 39.7 Å². The number of anilines is 1. The van der Waals surface area contributed by atoms with E-state index in [1.54, 1.807) is 24.5 Å². The maximum atomic E-state index is 12.6. The Hall–Kier alpha value is -3.16. The molecule has 3 aromatic rings. The van der Waals surface area contributed by atoms with Crippen LogP contribution >= 0.6 is 0 Å². The summed E-state index contributed by atoms with van der Waals surface area (Å²) in [6, 6.07) is 6.69. The van der Waals surface area contributed by atoms with Gasteiger partial charge in [-0.05, 0) is 31.4 Å². The van der Waals surface area contributed by atoms with Gasteiger partial charge in [-0.3, -0.25) is 14.6 Å². The normalized spacial score (nSPS) is 11.1. The molecule has 8 nitrogen and oxygen atoms in total. The molecule has 0 bridgehead atoms. The summed E-state index contributed by atoms with van der Waals surface area (Å²) in [6.45, 7) is 5.87. The van der Waals surface area contributed by atoms with Crippen LogP contribution in [0.4, 0.5) is 5.82 Å². The van der Waals surface area contributed by atoms with E-state index in [4.69, 9.17) is 4.42 Å². The minimum atomic E-state index is -0.274. The SMILES string of the molecule is CCc1cc(=O)[nH]c(-n2nc(-c3ccco3)cc2NC(=O)C(CC)CC)n1. The van der Waals surface area contributed by atoms with Crippen molar-refractivity contribution in [2.75, 3.05) is 5.32 Å². The fourth-order valence-corrected chi connectivity index (χ4v) is 2.84. The van der Waals surface area contributed by atoms with Gasteiger partial charge >= 0.3 is 0 Å². The van der Waals surface area contributed by atoms with Gasteiger partial charge in [0, 0.05) is 23.7 Å². The lowest BCUT2D eigenvalue weighted by atomic mass is 10.0. The number of aromatic amines is 1. The fourth-order valence-electron chi connectivity index (χ4n) is 2.84. The number of hydrogen-bond donors (Lipinski definition) is 2. The molecule has 27 heavy (non-hydrogen) atoms. The highest BCUT2D eigenvalue weighted by molar-refractivity contribution is 5.92. The molecule has 142 valence electrons. The number of aryl methyl sites for hydroxylation is 1. The second-order valence-corrected chi connectivity index (χ2v) is 6.22. The first-order valence-electron chi connectivity index (χ1n) is 9.11. The Labute approximate surface area is 156 Å². The third-order valence-electron chi connectivity index (χ3n) is 4.44. The average molecular weight is 369 g/mol. The summed E-state index contributed by atoms with van der Waals surface area (Å²) in [7, 11) is 0. The Morgan fingerprint density at radius 3 is 2.70 bits per heavy atom. The molecule has 3 aromatic heterocycles. The van der Waals surface area contributed by atoms with Crippen molar-refractivity contribution in [2.45, 2.75) is 40.0 Å². The van der Waals surface area contributed by atoms with Gasteiger partial charge in [0.15, 0.2) is 5.76 Å². The summed E-state index contributed by atoms with van der Waals surface area (Å²) in [5, 5.41) is 7.39. The van der Waals surface area contributed by atoms with Crippen molar-refractivity contribution >= 4 is 11.7 Å². The van der Waals surface area contributed by atoms with E-state index in [-0.39, 0.29) is 23.3 Å². The van der Waals surface area contributed by atoms with Gasteiger partial charge < -0.3 is 9.73 Å². The molecule has 0 atom stereocenters. The smallest absolute Gasteiger partial charge is 0.252 e. The van der Waals surface area contributed by atoms with E-state index in [0.29, 0.717) is 29.4 Å². The Morgan fingerprint density at radius 1 is 1.30 bits per heavy atom. The van der Waals surface area contributed by atoms with Gasteiger partial charge in [0.05, 0.1) is 6.26 Å². The van der Waals surface area contributed by atoms with E-state index in [0.717, 1.165) is 12.8 Å². The van der Waals surface area contributed by atoms with Crippen LogP contribution in [-0.2, 0) is 11.2 Å². The molecular formula is C19H23N5O3. The molecule has 0 fully saturated rings. The Kier molecular flexibility index (Phi) is 5.54. The highest BCUT2D eigenvalue weighted by Gasteiger charge is 2.20. The molecule has 1 amide bonds. The standard InChI is InChI=1S/C19H23N5O3/c1-4-12(5-2)18(26)21-16-11-14(15-8-7-9-27-15)23-24(16)19-20-13(6-3)10-17(25)22-19/h7-12H,4-6H2,1-3H3,(H,21,26)(H,20,22,25). The number of aromatic nitrogens is 4. The van der Waals surface area contributed by atoms with Gasteiger partial charge in [-0.25, -0.2) is 4.98 Å². The number of carbonyl (C=O) groups is 1. The van der Waals surface area contributed by atoms with Crippen molar-refractivity contribution in [3.8, 4) is 17.4 Å². The van der Waals surface area contributed by atoms with Crippen LogP contribution in [-0.4, -0.2) is 25.7 Å². The summed E-state index contributed by atoms with van der Waals surface area (Å²) >= 11 is 0. The lowest BCUT2D eigenvalue weighted by Gasteiger charge is -2.13. The van der Waals surface area contributed by atoms with Gasteiger partial charge in [-0.2, -0.15) is 9.78 Å². The fraction of sp³-hybridized carbons (Fsp3) is 0.368. The summed E-state index contributed by atoms with van der Waals surface area (Å²) in [4.78, 5) is 31.7. The van der Waals surface area contributed by atoms with E-state index < -0.39 is 0 Å². The molecule has 0 saturated heterocycles. The summed E-state index contributed by atoms with van der Waals surface area (Å²) in [5.74, 6) is 1.03. The van der Waals surface area contributed by atoms with Crippen LogP contribution < -0.4 is 10.9 Å². The lowest BCUT2D eigenvalue weighted by Crippen LogP contribution is -2.24. The molecule has 0 unspecified atom stereocenters. The third kappa shape index (κ3) is 3.99. The van der Waals surface area contributed by atoms with Crippen molar-refractivity contribution in [2.24, 2.45) is 5.92 Å². The summed E-state index contributed by atoms with van der Waals surface area (Å²) in [6.07, 6.45) is 3.64. The topological polar surface area (TPSA) is 106 Å². The van der Waals surface area contributed by atoms with Gasteiger partial charge in [0.1, 0.15) is 11.5 Å². The van der Waals surface area contributed by atoms with Crippen LogP contribution in [0.2, 0.25) is 0 Å². The quantitative estimate of drug-likeness (QED) is 0.665. The highest BCUT2D eigenvalue weighted by atomic mass is 16.3. The lowest BCUT2D eigenvalue weighted by molar-refractivity contribution is -0.120. The molecule has 8 heteroatoms. The minimum absolute atomic E-state index is 0.0962. The van der Waals surface area contributed by atoms with E-state index >= 15 is 0 Å². The zero-order valence-electron chi connectivity index (χ0n) is 15.7. The molecule has 0 spiro atoms. The van der Waals surface area contributed by atoms with E-state index in [9.17, 15) is 9.59 Å². The maximum absolute atomic E-state index is 12.6. The van der Waals surface area contributed by atoms with Crippen molar-refractivity contribution in [3.63, 3.8) is 0 Å². The Balaban J connectivity index is 2.07. The highest BCUT2D eigenvalue weighted by Crippen LogP contribution is 2.24. The van der Waals surface area contributed by atoms with E-state index in [1.165, 1.54) is 10.7 Å². The number of amides is 1. The monoisotopic (exact) mass is 369 g/mol. The first-order chi connectivity index (χ1) is 13.0. The molecule has 3 heterocycles. The van der Waals surface area contributed by atoms with Gasteiger partial charge in [-0.1, -0.05) is 20.8 Å². The van der Waals surface area contributed by atoms with Crippen molar-refractivity contribution in [1.82, 2.24) is 19.7 Å². The molecule has 0 aliphatic carbocycles. The molecular weight excluding hydrogens is 346 g/mol. The maximum Gasteiger partial charge on any atom is 0.252 e. The summed E-state index contributed by atoms with van der Waals surface area (Å²) in [5.41, 5.74) is 0.898. The van der Waals surface area contributed by atoms with Crippen LogP contribution in [0.25, 0.3) is 17.4 Å².